The van der Waals surface area contributed by atoms with Gasteiger partial charge in [0.25, 0.3) is 0 Å². The fraction of sp³-hybridized carbons (Fsp3) is 0.500. The number of hydrogen-bond donors (Lipinski definition) is 0. The Hall–Kier alpha value is -2.76. The summed E-state index contributed by atoms with van der Waals surface area (Å²) in [6, 6.07) is 6.92. The minimum absolute atomic E-state index is 0.0807. The highest BCUT2D eigenvalue weighted by Crippen LogP contribution is 2.35. The van der Waals surface area contributed by atoms with E-state index in [4.69, 9.17) is 18.3 Å². The molecule has 0 aliphatic heterocycles. The Morgan fingerprint density at radius 3 is 2.50 bits per heavy atom. The monoisotopic (exact) mass is 414 g/mol. The van der Waals surface area contributed by atoms with Crippen molar-refractivity contribution in [3.63, 3.8) is 0 Å². The third kappa shape index (κ3) is 6.12. The number of hydrogen-bond acceptors (Lipinski definition) is 6. The predicted octanol–water partition coefficient (Wildman–Crippen LogP) is 5.99. The van der Waals surface area contributed by atoms with E-state index < -0.39 is 5.63 Å². The molecular formula is C24H30O6. The lowest BCUT2D eigenvalue weighted by molar-refractivity contribution is -0.143. The standard InChI is InChI=1S/C24H30O6/c1-2-3-7-10-20(25)27-14-8-5-4-6-9-15-28-24-22-19(13-16-29-22)17-18-11-12-21(26)30-23(18)24/h11-13,16-17H,2-10,14-15H2,1H3. The summed E-state index contributed by atoms with van der Waals surface area (Å²) < 4.78 is 22.1. The molecule has 3 rings (SSSR count). The van der Waals surface area contributed by atoms with Crippen LogP contribution in [0.4, 0.5) is 0 Å². The van der Waals surface area contributed by atoms with Crippen LogP contribution in [0, 0.1) is 0 Å². The first-order valence-electron chi connectivity index (χ1n) is 10.9. The molecule has 0 fully saturated rings. The first kappa shape index (κ1) is 21.9. The van der Waals surface area contributed by atoms with Crippen molar-refractivity contribution >= 4 is 27.9 Å². The Bertz CT molecular complexity index is 1000. The Kier molecular flexibility index (Phi) is 8.36. The molecule has 0 amide bonds. The van der Waals surface area contributed by atoms with E-state index in [0.717, 1.165) is 62.1 Å². The number of carbonyl (C=O) groups excluding carboxylic acids is 1. The highest BCUT2D eigenvalue weighted by Gasteiger charge is 2.14. The highest BCUT2D eigenvalue weighted by molar-refractivity contribution is 5.99. The number of fused-ring (bicyclic) bond motifs is 2. The molecule has 0 spiro atoms. The van der Waals surface area contributed by atoms with Crippen LogP contribution in [0.2, 0.25) is 0 Å². The molecule has 162 valence electrons. The van der Waals surface area contributed by atoms with Crippen molar-refractivity contribution in [2.45, 2.75) is 64.7 Å². The van der Waals surface area contributed by atoms with Crippen LogP contribution in [-0.4, -0.2) is 19.2 Å². The Morgan fingerprint density at radius 2 is 1.67 bits per heavy atom. The molecule has 0 aliphatic carbocycles. The molecular weight excluding hydrogens is 384 g/mol. The molecule has 0 saturated heterocycles. The summed E-state index contributed by atoms with van der Waals surface area (Å²) in [6.45, 7) is 3.14. The van der Waals surface area contributed by atoms with Crippen LogP contribution >= 0.6 is 0 Å². The van der Waals surface area contributed by atoms with Crippen LogP contribution in [0.5, 0.6) is 5.75 Å². The van der Waals surface area contributed by atoms with E-state index >= 15 is 0 Å². The maximum atomic E-state index is 11.6. The van der Waals surface area contributed by atoms with Gasteiger partial charge < -0.3 is 18.3 Å². The van der Waals surface area contributed by atoms with Crippen LogP contribution in [0.25, 0.3) is 21.9 Å². The lowest BCUT2D eigenvalue weighted by Gasteiger charge is -2.09. The molecule has 3 aromatic rings. The second-order valence-electron chi connectivity index (χ2n) is 7.51. The van der Waals surface area contributed by atoms with E-state index in [-0.39, 0.29) is 5.97 Å². The molecule has 0 saturated carbocycles. The maximum absolute atomic E-state index is 11.6. The van der Waals surface area contributed by atoms with Gasteiger partial charge in [-0.05, 0) is 37.5 Å². The van der Waals surface area contributed by atoms with E-state index in [0.29, 0.717) is 36.6 Å². The third-order valence-electron chi connectivity index (χ3n) is 5.07. The van der Waals surface area contributed by atoms with Gasteiger partial charge in [-0.1, -0.05) is 39.0 Å². The predicted molar refractivity (Wildman–Crippen MR) is 116 cm³/mol. The van der Waals surface area contributed by atoms with E-state index in [1.165, 1.54) is 6.07 Å². The van der Waals surface area contributed by atoms with Gasteiger partial charge in [0.15, 0.2) is 11.2 Å². The summed E-state index contributed by atoms with van der Waals surface area (Å²) in [6.07, 6.45) is 10.1. The van der Waals surface area contributed by atoms with E-state index in [9.17, 15) is 9.59 Å². The van der Waals surface area contributed by atoms with Gasteiger partial charge in [0.05, 0.1) is 19.5 Å². The normalized spacial score (nSPS) is 11.2. The molecule has 6 nitrogen and oxygen atoms in total. The van der Waals surface area contributed by atoms with Crippen LogP contribution in [-0.2, 0) is 9.53 Å². The smallest absolute Gasteiger partial charge is 0.336 e. The van der Waals surface area contributed by atoms with Crippen LogP contribution in [0.15, 0.2) is 44.2 Å². The quantitative estimate of drug-likeness (QED) is 0.194. The third-order valence-corrected chi connectivity index (χ3v) is 5.07. The zero-order valence-corrected chi connectivity index (χ0v) is 17.6. The molecule has 0 aliphatic rings. The van der Waals surface area contributed by atoms with Gasteiger partial charge in [0.2, 0.25) is 5.75 Å². The van der Waals surface area contributed by atoms with E-state index in [1.54, 1.807) is 12.3 Å². The van der Waals surface area contributed by atoms with Crippen LogP contribution in [0.1, 0.15) is 64.7 Å². The Labute approximate surface area is 176 Å². The zero-order valence-electron chi connectivity index (χ0n) is 17.6. The summed E-state index contributed by atoms with van der Waals surface area (Å²) in [4.78, 5) is 23.2. The lowest BCUT2D eigenvalue weighted by atomic mass is 10.1. The number of esters is 1. The lowest BCUT2D eigenvalue weighted by Crippen LogP contribution is -2.05. The summed E-state index contributed by atoms with van der Waals surface area (Å²) in [7, 11) is 0. The van der Waals surface area contributed by atoms with E-state index in [2.05, 4.69) is 6.92 Å². The minimum atomic E-state index is -0.413. The van der Waals surface area contributed by atoms with E-state index in [1.807, 2.05) is 12.1 Å². The van der Waals surface area contributed by atoms with Gasteiger partial charge in [-0.2, -0.15) is 0 Å². The maximum Gasteiger partial charge on any atom is 0.336 e. The number of unbranched alkanes of at least 4 members (excludes halogenated alkanes) is 6. The Balaban J connectivity index is 1.37. The van der Waals surface area contributed by atoms with Gasteiger partial charge >= 0.3 is 11.6 Å². The highest BCUT2D eigenvalue weighted by atomic mass is 16.5. The van der Waals surface area contributed by atoms with Crippen molar-refractivity contribution in [2.24, 2.45) is 0 Å². The summed E-state index contributed by atoms with van der Waals surface area (Å²) in [5, 5.41) is 1.72. The fourth-order valence-corrected chi connectivity index (χ4v) is 3.42. The molecule has 1 aromatic carbocycles. The molecule has 0 atom stereocenters. The zero-order chi connectivity index (χ0) is 21.2. The summed E-state index contributed by atoms with van der Waals surface area (Å²) in [5.74, 6) is 0.406. The van der Waals surface area contributed by atoms with Crippen molar-refractivity contribution in [2.75, 3.05) is 13.2 Å². The second kappa shape index (κ2) is 11.4. The average Bonchev–Trinajstić information content (AvgIpc) is 3.20. The first-order valence-corrected chi connectivity index (χ1v) is 10.9. The van der Waals surface area contributed by atoms with Crippen molar-refractivity contribution in [3.05, 3.63) is 40.9 Å². The molecule has 2 heterocycles. The number of furan rings is 1. The molecule has 0 unspecified atom stereocenters. The number of ether oxygens (including phenoxy) is 2. The molecule has 6 heteroatoms. The molecule has 0 radical (unpaired) electrons. The van der Waals surface area contributed by atoms with Crippen molar-refractivity contribution in [1.82, 2.24) is 0 Å². The Morgan fingerprint density at radius 1 is 0.900 bits per heavy atom. The summed E-state index contributed by atoms with van der Waals surface area (Å²) in [5.41, 5.74) is 0.604. The van der Waals surface area contributed by atoms with Gasteiger partial charge in [-0.3, -0.25) is 4.79 Å². The molecule has 30 heavy (non-hydrogen) atoms. The van der Waals surface area contributed by atoms with Gasteiger partial charge in [-0.15, -0.1) is 0 Å². The van der Waals surface area contributed by atoms with Crippen molar-refractivity contribution in [1.29, 1.82) is 0 Å². The second-order valence-corrected chi connectivity index (χ2v) is 7.51. The van der Waals surface area contributed by atoms with Crippen molar-refractivity contribution < 1.29 is 23.1 Å². The number of benzene rings is 1. The summed E-state index contributed by atoms with van der Waals surface area (Å²) >= 11 is 0. The largest absolute Gasteiger partial charge is 0.486 e. The van der Waals surface area contributed by atoms with Gasteiger partial charge in [-0.25, -0.2) is 4.79 Å². The fourth-order valence-electron chi connectivity index (χ4n) is 3.42. The number of carbonyl (C=O) groups is 1. The minimum Gasteiger partial charge on any atom is -0.486 e. The molecule has 0 bridgehead atoms. The average molecular weight is 414 g/mol. The topological polar surface area (TPSA) is 78.9 Å². The first-order chi connectivity index (χ1) is 14.7. The molecule has 0 N–H and O–H groups in total. The van der Waals surface area contributed by atoms with Gasteiger partial charge in [0.1, 0.15) is 0 Å². The van der Waals surface area contributed by atoms with Gasteiger partial charge in [0, 0.05) is 23.3 Å². The van der Waals surface area contributed by atoms with Crippen LogP contribution in [0.3, 0.4) is 0 Å². The van der Waals surface area contributed by atoms with Crippen LogP contribution < -0.4 is 10.4 Å². The molecule has 2 aromatic heterocycles. The number of rotatable bonds is 13. The van der Waals surface area contributed by atoms with Crippen molar-refractivity contribution in [3.8, 4) is 5.75 Å². The SMILES string of the molecule is CCCCCC(=O)OCCCCCCCOc1c2occc2cc2ccc(=O)oc12.